The van der Waals surface area contributed by atoms with Crippen molar-refractivity contribution in [3.63, 3.8) is 0 Å². The summed E-state index contributed by atoms with van der Waals surface area (Å²) in [5, 5.41) is 6.16. The maximum atomic E-state index is 6.13. The molecule has 1 saturated heterocycles. The van der Waals surface area contributed by atoms with Crippen LogP contribution in [0.5, 0.6) is 0 Å². The number of hydrazone groups is 1. The molecule has 0 unspecified atom stereocenters. The van der Waals surface area contributed by atoms with Gasteiger partial charge in [0.15, 0.2) is 10.9 Å². The highest BCUT2D eigenvalue weighted by molar-refractivity contribution is 7.17. The molecule has 2 aromatic heterocycles. The highest BCUT2D eigenvalue weighted by atomic mass is 35.5. The molecule has 1 N–H and O–H groups in total. The van der Waals surface area contributed by atoms with E-state index in [1.807, 2.05) is 30.3 Å². The summed E-state index contributed by atoms with van der Waals surface area (Å²) in [6, 6.07) is 11.7. The molecule has 144 valence electrons. The molecular weight excluding hydrogens is 417 g/mol. The third-order valence-corrected chi connectivity index (χ3v) is 5.68. The number of nitrogens with one attached hydrogen (secondary N) is 1. The van der Waals surface area contributed by atoms with Crippen LogP contribution in [0.3, 0.4) is 0 Å². The number of nitrogens with zero attached hydrogens (tertiary/aromatic N) is 4. The summed E-state index contributed by atoms with van der Waals surface area (Å²) in [5.74, 6) is 0.446. The number of pyridine rings is 1. The summed E-state index contributed by atoms with van der Waals surface area (Å²) in [6.07, 6.45) is 3.26. The summed E-state index contributed by atoms with van der Waals surface area (Å²) >= 11 is 13.6. The molecule has 0 aliphatic carbocycles. The SMILES string of the molecule is Clc1cnc(N/N=C/c2sc(N3CCOCC3)nc2-c2ccccc2)c(Cl)c1. The van der Waals surface area contributed by atoms with E-state index in [4.69, 9.17) is 32.9 Å². The van der Waals surface area contributed by atoms with E-state index in [1.54, 1.807) is 23.6 Å². The number of hydrogen-bond acceptors (Lipinski definition) is 7. The van der Waals surface area contributed by atoms with E-state index < -0.39 is 0 Å². The lowest BCUT2D eigenvalue weighted by Gasteiger charge is -2.26. The van der Waals surface area contributed by atoms with Crippen molar-refractivity contribution >= 4 is 51.7 Å². The summed E-state index contributed by atoms with van der Waals surface area (Å²) in [4.78, 5) is 12.2. The number of thiazole rings is 1. The molecule has 0 radical (unpaired) electrons. The summed E-state index contributed by atoms with van der Waals surface area (Å²) in [5.41, 5.74) is 4.81. The quantitative estimate of drug-likeness (QED) is 0.462. The molecule has 3 aromatic rings. The molecule has 1 aliphatic rings. The van der Waals surface area contributed by atoms with E-state index in [1.165, 1.54) is 6.20 Å². The van der Waals surface area contributed by atoms with Gasteiger partial charge >= 0.3 is 0 Å². The molecular formula is C19H17Cl2N5OS. The van der Waals surface area contributed by atoms with Crippen molar-refractivity contribution in [3.05, 3.63) is 57.5 Å². The predicted molar refractivity (Wildman–Crippen MR) is 116 cm³/mol. The Morgan fingerprint density at radius 1 is 1.18 bits per heavy atom. The molecule has 1 aromatic carbocycles. The van der Waals surface area contributed by atoms with E-state index in [0.29, 0.717) is 29.1 Å². The van der Waals surface area contributed by atoms with Crippen LogP contribution in [0.2, 0.25) is 10.0 Å². The molecule has 1 aliphatic heterocycles. The van der Waals surface area contributed by atoms with Crippen molar-refractivity contribution in [2.75, 3.05) is 36.6 Å². The molecule has 0 amide bonds. The molecule has 3 heterocycles. The van der Waals surface area contributed by atoms with Crippen LogP contribution in [0.15, 0.2) is 47.7 Å². The Morgan fingerprint density at radius 2 is 1.96 bits per heavy atom. The van der Waals surface area contributed by atoms with Crippen LogP contribution in [-0.2, 0) is 4.74 Å². The average molecular weight is 434 g/mol. The number of anilines is 2. The number of rotatable bonds is 5. The van der Waals surface area contributed by atoms with Crippen molar-refractivity contribution in [1.82, 2.24) is 9.97 Å². The zero-order valence-corrected chi connectivity index (χ0v) is 17.1. The normalized spacial score (nSPS) is 14.6. The van der Waals surface area contributed by atoms with Gasteiger partial charge in [0.05, 0.1) is 40.0 Å². The van der Waals surface area contributed by atoms with Gasteiger partial charge in [-0.2, -0.15) is 5.10 Å². The fourth-order valence-electron chi connectivity index (χ4n) is 2.75. The first-order chi connectivity index (χ1) is 13.7. The van der Waals surface area contributed by atoms with Gasteiger partial charge in [0.25, 0.3) is 0 Å². The molecule has 0 spiro atoms. The standard InChI is InChI=1S/C19H17Cl2N5OS/c20-14-10-15(21)18(22-11-14)25-23-12-16-17(13-4-2-1-3-5-13)24-19(28-16)26-6-8-27-9-7-26/h1-5,10-12H,6-9H2,(H,22,25)/b23-12+. The van der Waals surface area contributed by atoms with E-state index in [0.717, 1.165) is 34.4 Å². The second-order valence-electron chi connectivity index (χ2n) is 6.03. The monoisotopic (exact) mass is 433 g/mol. The van der Waals surface area contributed by atoms with E-state index in [-0.39, 0.29) is 0 Å². The first-order valence-corrected chi connectivity index (χ1v) is 10.3. The fourth-order valence-corrected chi connectivity index (χ4v) is 4.18. The highest BCUT2D eigenvalue weighted by Gasteiger charge is 2.18. The molecule has 0 saturated carbocycles. The van der Waals surface area contributed by atoms with Crippen LogP contribution in [-0.4, -0.2) is 42.5 Å². The van der Waals surface area contributed by atoms with Gasteiger partial charge in [-0.15, -0.1) is 0 Å². The predicted octanol–water partition coefficient (Wildman–Crippen LogP) is 4.79. The van der Waals surface area contributed by atoms with Crippen molar-refractivity contribution in [1.29, 1.82) is 0 Å². The molecule has 6 nitrogen and oxygen atoms in total. The maximum absolute atomic E-state index is 6.13. The van der Waals surface area contributed by atoms with E-state index >= 15 is 0 Å². The molecule has 28 heavy (non-hydrogen) atoms. The number of halogens is 2. The first-order valence-electron chi connectivity index (χ1n) is 8.70. The Hall–Kier alpha value is -2.19. The minimum absolute atomic E-state index is 0.409. The van der Waals surface area contributed by atoms with Gasteiger partial charge < -0.3 is 9.64 Å². The maximum Gasteiger partial charge on any atom is 0.186 e. The average Bonchev–Trinajstić information content (AvgIpc) is 3.15. The third-order valence-electron chi connectivity index (χ3n) is 4.13. The van der Waals surface area contributed by atoms with Crippen molar-refractivity contribution in [3.8, 4) is 11.3 Å². The van der Waals surface area contributed by atoms with E-state index in [2.05, 4.69) is 20.4 Å². The summed E-state index contributed by atoms with van der Waals surface area (Å²) in [6.45, 7) is 3.10. The van der Waals surface area contributed by atoms with Crippen LogP contribution in [0, 0.1) is 0 Å². The smallest absolute Gasteiger partial charge is 0.186 e. The van der Waals surface area contributed by atoms with Crippen LogP contribution in [0.4, 0.5) is 10.9 Å². The lowest BCUT2D eigenvalue weighted by atomic mass is 10.1. The zero-order chi connectivity index (χ0) is 19.3. The van der Waals surface area contributed by atoms with Crippen LogP contribution in [0.1, 0.15) is 4.88 Å². The topological polar surface area (TPSA) is 62.6 Å². The Kier molecular flexibility index (Phi) is 6.07. The van der Waals surface area contributed by atoms with Gasteiger partial charge in [-0.1, -0.05) is 64.9 Å². The summed E-state index contributed by atoms with van der Waals surface area (Å²) in [7, 11) is 0. The van der Waals surface area contributed by atoms with Crippen molar-refractivity contribution < 1.29 is 4.74 Å². The fraction of sp³-hybridized carbons (Fsp3) is 0.211. The largest absolute Gasteiger partial charge is 0.378 e. The Balaban J connectivity index is 1.61. The van der Waals surface area contributed by atoms with Gasteiger partial charge in [0, 0.05) is 24.8 Å². The van der Waals surface area contributed by atoms with Gasteiger partial charge in [0.1, 0.15) is 0 Å². The molecule has 0 bridgehead atoms. The van der Waals surface area contributed by atoms with Gasteiger partial charge in [0.2, 0.25) is 0 Å². The Morgan fingerprint density at radius 3 is 2.71 bits per heavy atom. The molecule has 4 rings (SSSR count). The molecule has 0 atom stereocenters. The first kappa shape index (κ1) is 19.1. The Labute approximate surface area is 176 Å². The van der Waals surface area contributed by atoms with Gasteiger partial charge in [-0.25, -0.2) is 9.97 Å². The number of hydrogen-bond donors (Lipinski definition) is 1. The van der Waals surface area contributed by atoms with Gasteiger partial charge in [-0.05, 0) is 6.07 Å². The van der Waals surface area contributed by atoms with Crippen molar-refractivity contribution in [2.45, 2.75) is 0 Å². The molecule has 1 fully saturated rings. The summed E-state index contributed by atoms with van der Waals surface area (Å²) < 4.78 is 5.45. The number of ether oxygens (including phenoxy) is 1. The molecule has 9 heteroatoms. The van der Waals surface area contributed by atoms with Crippen molar-refractivity contribution in [2.24, 2.45) is 5.10 Å². The zero-order valence-electron chi connectivity index (χ0n) is 14.8. The minimum atomic E-state index is 0.409. The highest BCUT2D eigenvalue weighted by Crippen LogP contribution is 2.32. The van der Waals surface area contributed by atoms with Crippen LogP contribution < -0.4 is 10.3 Å². The lowest BCUT2D eigenvalue weighted by molar-refractivity contribution is 0.122. The number of benzene rings is 1. The number of morpholine rings is 1. The van der Waals surface area contributed by atoms with E-state index in [9.17, 15) is 0 Å². The number of aromatic nitrogens is 2. The van der Waals surface area contributed by atoms with Crippen LogP contribution in [0.25, 0.3) is 11.3 Å². The second-order valence-corrected chi connectivity index (χ2v) is 7.88. The third kappa shape index (κ3) is 4.44. The van der Waals surface area contributed by atoms with Gasteiger partial charge in [-0.3, -0.25) is 5.43 Å². The lowest BCUT2D eigenvalue weighted by Crippen LogP contribution is -2.36. The van der Waals surface area contributed by atoms with Crippen LogP contribution >= 0.6 is 34.5 Å². The second kappa shape index (κ2) is 8.87. The Bertz CT molecular complexity index is 974. The minimum Gasteiger partial charge on any atom is -0.378 e.